The monoisotopic (exact) mass is 286 g/mol. The SMILES string of the molecule is CCC1(CNC(=O)C2CNc3ccccc3C2)CCCC1. The van der Waals surface area contributed by atoms with Crippen molar-refractivity contribution in [2.24, 2.45) is 11.3 Å². The van der Waals surface area contributed by atoms with E-state index in [9.17, 15) is 4.79 Å². The van der Waals surface area contributed by atoms with Crippen LogP contribution in [0.3, 0.4) is 0 Å². The molecule has 1 saturated carbocycles. The molecule has 21 heavy (non-hydrogen) atoms. The number of hydrogen-bond donors (Lipinski definition) is 2. The van der Waals surface area contributed by atoms with Gasteiger partial charge in [-0.25, -0.2) is 0 Å². The zero-order chi connectivity index (χ0) is 14.7. The number of fused-ring (bicyclic) bond motifs is 1. The zero-order valence-corrected chi connectivity index (χ0v) is 13.0. The fraction of sp³-hybridized carbons (Fsp3) is 0.611. The van der Waals surface area contributed by atoms with Gasteiger partial charge in [-0.15, -0.1) is 0 Å². The summed E-state index contributed by atoms with van der Waals surface area (Å²) in [7, 11) is 0. The molecule has 1 fully saturated rings. The highest BCUT2D eigenvalue weighted by molar-refractivity contribution is 5.80. The highest BCUT2D eigenvalue weighted by Crippen LogP contribution is 2.40. The summed E-state index contributed by atoms with van der Waals surface area (Å²) >= 11 is 0. The van der Waals surface area contributed by atoms with Gasteiger partial charge in [0.25, 0.3) is 0 Å². The Kier molecular flexibility index (Phi) is 4.18. The maximum Gasteiger partial charge on any atom is 0.225 e. The number of para-hydroxylation sites is 1. The Bertz CT molecular complexity index is 506. The fourth-order valence-electron chi connectivity index (χ4n) is 3.83. The van der Waals surface area contributed by atoms with E-state index in [2.05, 4.69) is 29.7 Å². The van der Waals surface area contributed by atoms with Crippen molar-refractivity contribution in [3.63, 3.8) is 0 Å². The molecule has 3 rings (SSSR count). The van der Waals surface area contributed by atoms with Crippen LogP contribution in [0.4, 0.5) is 5.69 Å². The molecule has 2 N–H and O–H groups in total. The second-order valence-corrected chi connectivity index (χ2v) is 6.72. The molecule has 114 valence electrons. The molecule has 0 spiro atoms. The first kappa shape index (κ1) is 14.4. The smallest absolute Gasteiger partial charge is 0.225 e. The van der Waals surface area contributed by atoms with Crippen molar-refractivity contribution in [1.82, 2.24) is 5.32 Å². The van der Waals surface area contributed by atoms with Crippen LogP contribution < -0.4 is 10.6 Å². The van der Waals surface area contributed by atoms with Gasteiger partial charge in [-0.2, -0.15) is 0 Å². The van der Waals surface area contributed by atoms with Gasteiger partial charge in [-0.05, 0) is 42.7 Å². The van der Waals surface area contributed by atoms with Crippen LogP contribution in [0.5, 0.6) is 0 Å². The number of rotatable bonds is 4. The third-order valence-electron chi connectivity index (χ3n) is 5.45. The third kappa shape index (κ3) is 3.07. The molecule has 2 aliphatic rings. The average Bonchev–Trinajstić information content (AvgIpc) is 3.01. The van der Waals surface area contributed by atoms with Crippen LogP contribution in [0.25, 0.3) is 0 Å². The van der Waals surface area contributed by atoms with Crippen LogP contribution in [0, 0.1) is 11.3 Å². The van der Waals surface area contributed by atoms with Crippen molar-refractivity contribution >= 4 is 11.6 Å². The topological polar surface area (TPSA) is 41.1 Å². The van der Waals surface area contributed by atoms with Gasteiger partial charge in [-0.3, -0.25) is 4.79 Å². The molecular weight excluding hydrogens is 260 g/mol. The predicted octanol–water partition coefficient (Wildman–Crippen LogP) is 3.36. The minimum atomic E-state index is 0.0650. The molecule has 1 amide bonds. The molecule has 1 aromatic rings. The summed E-state index contributed by atoms with van der Waals surface area (Å²) in [6.07, 6.45) is 7.22. The predicted molar refractivity (Wildman–Crippen MR) is 86.3 cm³/mol. The number of benzene rings is 1. The maximum atomic E-state index is 12.5. The Balaban J connectivity index is 1.57. The van der Waals surface area contributed by atoms with Gasteiger partial charge in [0.15, 0.2) is 0 Å². The first-order valence-electron chi connectivity index (χ1n) is 8.32. The Morgan fingerprint density at radius 3 is 2.86 bits per heavy atom. The fourth-order valence-corrected chi connectivity index (χ4v) is 3.83. The van der Waals surface area contributed by atoms with E-state index in [4.69, 9.17) is 0 Å². The lowest BCUT2D eigenvalue weighted by Gasteiger charge is -2.30. The summed E-state index contributed by atoms with van der Waals surface area (Å²) in [6, 6.07) is 8.29. The van der Waals surface area contributed by atoms with Gasteiger partial charge in [0.1, 0.15) is 0 Å². The molecule has 3 nitrogen and oxygen atoms in total. The summed E-state index contributed by atoms with van der Waals surface area (Å²) in [5.74, 6) is 0.284. The zero-order valence-electron chi connectivity index (χ0n) is 13.0. The summed E-state index contributed by atoms with van der Waals surface area (Å²) in [5.41, 5.74) is 2.81. The van der Waals surface area contributed by atoms with Gasteiger partial charge in [0, 0.05) is 18.8 Å². The molecule has 0 aromatic heterocycles. The number of nitrogens with one attached hydrogen (secondary N) is 2. The summed E-state index contributed by atoms with van der Waals surface area (Å²) in [6.45, 7) is 3.87. The van der Waals surface area contributed by atoms with E-state index in [1.165, 1.54) is 43.4 Å². The molecule has 1 aliphatic carbocycles. The van der Waals surface area contributed by atoms with Gasteiger partial charge < -0.3 is 10.6 Å². The second-order valence-electron chi connectivity index (χ2n) is 6.72. The molecule has 1 aliphatic heterocycles. The van der Waals surface area contributed by atoms with Crippen molar-refractivity contribution in [3.8, 4) is 0 Å². The van der Waals surface area contributed by atoms with Crippen LogP contribution in [-0.4, -0.2) is 19.0 Å². The first-order chi connectivity index (χ1) is 10.2. The lowest BCUT2D eigenvalue weighted by Crippen LogP contribution is -2.42. The van der Waals surface area contributed by atoms with E-state index in [1.54, 1.807) is 0 Å². The molecule has 0 bridgehead atoms. The number of amides is 1. The number of carbonyl (C=O) groups is 1. The Hall–Kier alpha value is -1.51. The van der Waals surface area contributed by atoms with Crippen LogP contribution in [-0.2, 0) is 11.2 Å². The van der Waals surface area contributed by atoms with Gasteiger partial charge in [-0.1, -0.05) is 38.0 Å². The Morgan fingerprint density at radius 1 is 1.33 bits per heavy atom. The summed E-state index contributed by atoms with van der Waals surface area (Å²) in [5, 5.41) is 6.62. The second kappa shape index (κ2) is 6.08. The largest absolute Gasteiger partial charge is 0.384 e. The molecule has 0 radical (unpaired) electrons. The van der Waals surface area contributed by atoms with E-state index in [0.29, 0.717) is 5.41 Å². The minimum absolute atomic E-state index is 0.0650. The van der Waals surface area contributed by atoms with Crippen molar-refractivity contribution in [1.29, 1.82) is 0 Å². The first-order valence-corrected chi connectivity index (χ1v) is 8.32. The normalized spacial score (nSPS) is 23.2. The van der Waals surface area contributed by atoms with E-state index in [1.807, 2.05) is 12.1 Å². The van der Waals surface area contributed by atoms with Gasteiger partial charge >= 0.3 is 0 Å². The van der Waals surface area contributed by atoms with E-state index >= 15 is 0 Å². The number of hydrogen-bond acceptors (Lipinski definition) is 2. The average molecular weight is 286 g/mol. The number of carbonyl (C=O) groups excluding carboxylic acids is 1. The molecule has 1 atom stereocenters. The number of anilines is 1. The lowest BCUT2D eigenvalue weighted by atomic mass is 9.83. The standard InChI is InChI=1S/C18H26N2O/c1-2-18(9-5-6-10-18)13-20-17(21)15-11-14-7-3-4-8-16(14)19-12-15/h3-4,7-8,15,19H,2,5-6,9-13H2,1H3,(H,20,21). The van der Waals surface area contributed by atoms with Crippen molar-refractivity contribution in [3.05, 3.63) is 29.8 Å². The van der Waals surface area contributed by atoms with E-state index in [-0.39, 0.29) is 11.8 Å². The molecule has 0 saturated heterocycles. The summed E-state index contributed by atoms with van der Waals surface area (Å²) in [4.78, 5) is 12.5. The minimum Gasteiger partial charge on any atom is -0.384 e. The lowest BCUT2D eigenvalue weighted by molar-refractivity contribution is -0.125. The quantitative estimate of drug-likeness (QED) is 0.891. The van der Waals surface area contributed by atoms with E-state index in [0.717, 1.165) is 19.5 Å². The van der Waals surface area contributed by atoms with Gasteiger partial charge in [0.05, 0.1) is 5.92 Å². The molecule has 1 aromatic carbocycles. The third-order valence-corrected chi connectivity index (χ3v) is 5.45. The summed E-state index contributed by atoms with van der Waals surface area (Å²) < 4.78 is 0. The van der Waals surface area contributed by atoms with Crippen molar-refractivity contribution in [2.75, 3.05) is 18.4 Å². The highest BCUT2D eigenvalue weighted by Gasteiger charge is 2.33. The van der Waals surface area contributed by atoms with E-state index < -0.39 is 0 Å². The molecule has 1 heterocycles. The van der Waals surface area contributed by atoms with Gasteiger partial charge in [0.2, 0.25) is 5.91 Å². The van der Waals surface area contributed by atoms with Crippen LogP contribution in [0.1, 0.15) is 44.6 Å². The van der Waals surface area contributed by atoms with Crippen molar-refractivity contribution < 1.29 is 4.79 Å². The highest BCUT2D eigenvalue weighted by atomic mass is 16.1. The molecule has 3 heteroatoms. The van der Waals surface area contributed by atoms with Crippen LogP contribution >= 0.6 is 0 Å². The molecular formula is C18H26N2O. The maximum absolute atomic E-state index is 12.5. The Morgan fingerprint density at radius 2 is 2.10 bits per heavy atom. The van der Waals surface area contributed by atoms with Crippen LogP contribution in [0.15, 0.2) is 24.3 Å². The molecule has 1 unspecified atom stereocenters. The Labute approximate surface area is 127 Å². The van der Waals surface area contributed by atoms with Crippen molar-refractivity contribution in [2.45, 2.75) is 45.4 Å². The van der Waals surface area contributed by atoms with Crippen LogP contribution in [0.2, 0.25) is 0 Å².